The molecule has 0 bridgehead atoms. The highest BCUT2D eigenvalue weighted by molar-refractivity contribution is 6.09. The molecule has 0 radical (unpaired) electrons. The van der Waals surface area contributed by atoms with E-state index in [9.17, 15) is 24.3 Å². The third-order valence-corrected chi connectivity index (χ3v) is 12.6. The summed E-state index contributed by atoms with van der Waals surface area (Å²) in [5.74, 6) is -0.394. The van der Waals surface area contributed by atoms with Gasteiger partial charge >= 0.3 is 0 Å². The minimum absolute atomic E-state index is 0.0609. The van der Waals surface area contributed by atoms with Crippen molar-refractivity contribution in [2.75, 3.05) is 52.4 Å². The van der Waals surface area contributed by atoms with Crippen LogP contribution in [0.15, 0.2) is 91.6 Å². The summed E-state index contributed by atoms with van der Waals surface area (Å²) in [6.07, 6.45) is 9.04. The molecule has 3 aliphatic heterocycles. The number of amides is 3. The molecule has 3 saturated heterocycles. The molecule has 0 spiro atoms. The van der Waals surface area contributed by atoms with Crippen molar-refractivity contribution in [1.82, 2.24) is 34.2 Å². The molecule has 2 atom stereocenters. The van der Waals surface area contributed by atoms with E-state index in [0.29, 0.717) is 31.1 Å². The van der Waals surface area contributed by atoms with Gasteiger partial charge in [-0.15, -0.1) is 6.58 Å². The zero-order chi connectivity index (χ0) is 40.3. The fourth-order valence-electron chi connectivity index (χ4n) is 9.72. The summed E-state index contributed by atoms with van der Waals surface area (Å²) in [6.45, 7) is 8.62. The van der Waals surface area contributed by atoms with E-state index >= 15 is 0 Å². The first-order valence-corrected chi connectivity index (χ1v) is 20.8. The van der Waals surface area contributed by atoms with Crippen molar-refractivity contribution in [2.45, 2.75) is 69.7 Å². The molecule has 4 aliphatic rings. The van der Waals surface area contributed by atoms with Gasteiger partial charge in [0.2, 0.25) is 17.7 Å². The number of ketones is 1. The third kappa shape index (κ3) is 8.18. The van der Waals surface area contributed by atoms with Gasteiger partial charge in [0.05, 0.1) is 25.2 Å². The molecular weight excluding hydrogens is 731 g/mol. The summed E-state index contributed by atoms with van der Waals surface area (Å²) in [7, 11) is 1.94. The Labute approximate surface area is 340 Å². The standard InChI is InChI=1S/C46H55N7O5/c1-3-22-51-32-44(57)52-40(27-34-16-19-37(54)20-17-34)46(58)50(31-42(52)53(51)43(56)21-18-33-10-5-4-6-11-33)28-35-12-9-15-38-39(29-47(2)45(35)38)41(55)30-48-23-25-49(26-24-48)36-13-7-8-14-36/h3-6,9-12,15-17,19-20,29,36,40,42,54H,1,7-8,13-14,18,21-28,30-32H2,2H3/t40-,42-/m0/s1. The Morgan fingerprint density at radius 3 is 2.36 bits per heavy atom. The molecule has 58 heavy (non-hydrogen) atoms. The first-order valence-electron chi connectivity index (χ1n) is 20.8. The summed E-state index contributed by atoms with van der Waals surface area (Å²) in [5, 5.41) is 14.3. The van der Waals surface area contributed by atoms with Gasteiger partial charge in [-0.1, -0.05) is 79.6 Å². The Hall–Kier alpha value is -5.30. The number of carbonyl (C=O) groups is 4. The van der Waals surface area contributed by atoms with Crippen molar-refractivity contribution >= 4 is 34.4 Å². The number of aromatic nitrogens is 1. The lowest BCUT2D eigenvalue weighted by Gasteiger charge is -2.55. The number of aryl methyl sites for hydroxylation is 2. The second-order valence-electron chi connectivity index (χ2n) is 16.4. The van der Waals surface area contributed by atoms with E-state index in [0.717, 1.165) is 53.8 Å². The quantitative estimate of drug-likeness (QED) is 0.155. The van der Waals surface area contributed by atoms with Crippen LogP contribution in [-0.2, 0) is 40.8 Å². The molecule has 304 valence electrons. The van der Waals surface area contributed by atoms with Crippen molar-refractivity contribution < 1.29 is 24.3 Å². The molecule has 1 saturated carbocycles. The number of fused-ring (bicyclic) bond motifs is 2. The summed E-state index contributed by atoms with van der Waals surface area (Å²) in [6, 6.07) is 22.2. The number of hydrazine groups is 1. The molecule has 4 aromatic rings. The van der Waals surface area contributed by atoms with Crippen LogP contribution in [0.1, 0.15) is 59.2 Å². The number of hydrogen-bond donors (Lipinski definition) is 1. The first-order chi connectivity index (χ1) is 28.2. The van der Waals surface area contributed by atoms with Crippen LogP contribution in [0, 0.1) is 0 Å². The SMILES string of the molecule is C=CCN1CC(=O)N2[C@@H](Cc3ccc(O)cc3)C(=O)N(Cc3cccc4c(C(=O)CN5CCN(C6CCCC6)CC5)cn(C)c34)C[C@@H]2N1C(=O)CCc1ccccc1. The Morgan fingerprint density at radius 1 is 0.897 bits per heavy atom. The number of para-hydroxylation sites is 1. The lowest BCUT2D eigenvalue weighted by atomic mass is 9.97. The van der Waals surface area contributed by atoms with Crippen LogP contribution < -0.4 is 0 Å². The Kier molecular flexibility index (Phi) is 11.8. The Morgan fingerprint density at radius 2 is 1.64 bits per heavy atom. The predicted molar refractivity (Wildman–Crippen MR) is 223 cm³/mol. The van der Waals surface area contributed by atoms with Gasteiger partial charge in [0, 0.05) is 82.3 Å². The molecule has 3 aromatic carbocycles. The average Bonchev–Trinajstić information content (AvgIpc) is 3.89. The molecule has 8 rings (SSSR count). The van der Waals surface area contributed by atoms with E-state index in [1.54, 1.807) is 50.2 Å². The van der Waals surface area contributed by atoms with E-state index in [-0.39, 0.29) is 61.7 Å². The number of Topliss-reactive ketones (excluding diaryl/α,β-unsaturated/α-hetero) is 1. The number of rotatable bonds is 13. The Bertz CT molecular complexity index is 2140. The van der Waals surface area contributed by atoms with Gasteiger partial charge < -0.3 is 19.5 Å². The van der Waals surface area contributed by atoms with Crippen LogP contribution in [0.3, 0.4) is 0 Å². The van der Waals surface area contributed by atoms with Gasteiger partial charge in [-0.05, 0) is 48.1 Å². The highest BCUT2D eigenvalue weighted by Crippen LogP contribution is 2.33. The zero-order valence-corrected chi connectivity index (χ0v) is 33.5. The second-order valence-corrected chi connectivity index (χ2v) is 16.4. The maximum Gasteiger partial charge on any atom is 0.246 e. The number of phenolic OH excluding ortho intramolecular Hbond substituents is 1. The highest BCUT2D eigenvalue weighted by Gasteiger charge is 2.51. The van der Waals surface area contributed by atoms with Crippen molar-refractivity contribution in [3.63, 3.8) is 0 Å². The van der Waals surface area contributed by atoms with Crippen LogP contribution >= 0.6 is 0 Å². The van der Waals surface area contributed by atoms with Crippen LogP contribution in [-0.4, -0.2) is 133 Å². The summed E-state index contributed by atoms with van der Waals surface area (Å²) in [5.41, 5.74) is 4.25. The smallest absolute Gasteiger partial charge is 0.246 e. The topological polar surface area (TPSA) is 113 Å². The molecule has 0 unspecified atom stereocenters. The predicted octanol–water partition coefficient (Wildman–Crippen LogP) is 4.61. The number of nitrogens with zero attached hydrogens (tertiary/aromatic N) is 7. The number of carbonyl (C=O) groups excluding carboxylic acids is 4. The molecule has 3 amide bonds. The fraction of sp³-hybridized carbons (Fsp3) is 0.435. The fourth-order valence-corrected chi connectivity index (χ4v) is 9.72. The Balaban J connectivity index is 1.07. The summed E-state index contributed by atoms with van der Waals surface area (Å²) < 4.78 is 1.99. The van der Waals surface area contributed by atoms with Crippen LogP contribution in [0.4, 0.5) is 0 Å². The monoisotopic (exact) mass is 785 g/mol. The molecule has 12 nitrogen and oxygen atoms in total. The van der Waals surface area contributed by atoms with Crippen LogP contribution in [0.25, 0.3) is 10.9 Å². The van der Waals surface area contributed by atoms with Gasteiger partial charge in [-0.3, -0.25) is 29.0 Å². The van der Waals surface area contributed by atoms with E-state index < -0.39 is 12.2 Å². The number of piperazine rings is 2. The minimum Gasteiger partial charge on any atom is -0.508 e. The third-order valence-electron chi connectivity index (χ3n) is 12.6. The first kappa shape index (κ1) is 39.5. The van der Waals surface area contributed by atoms with E-state index in [1.165, 1.54) is 25.7 Å². The van der Waals surface area contributed by atoms with Crippen LogP contribution in [0.5, 0.6) is 5.75 Å². The number of benzene rings is 3. The average molecular weight is 786 g/mol. The molecule has 4 fully saturated rings. The molecular formula is C46H55N7O5. The van der Waals surface area contributed by atoms with Crippen molar-refractivity contribution in [1.29, 1.82) is 0 Å². The zero-order valence-electron chi connectivity index (χ0n) is 33.5. The highest BCUT2D eigenvalue weighted by atomic mass is 16.3. The van der Waals surface area contributed by atoms with Gasteiger partial charge in [-0.2, -0.15) is 0 Å². The molecule has 4 heterocycles. The molecule has 1 aromatic heterocycles. The molecule has 12 heteroatoms. The summed E-state index contributed by atoms with van der Waals surface area (Å²) >= 11 is 0. The lowest BCUT2D eigenvalue weighted by molar-refractivity contribution is -0.205. The number of hydrogen-bond acceptors (Lipinski definition) is 8. The second kappa shape index (κ2) is 17.3. The van der Waals surface area contributed by atoms with Crippen LogP contribution in [0.2, 0.25) is 0 Å². The maximum atomic E-state index is 14.7. The minimum atomic E-state index is -0.884. The number of aromatic hydroxyl groups is 1. The van der Waals surface area contributed by atoms with E-state index in [2.05, 4.69) is 16.4 Å². The maximum absolute atomic E-state index is 14.7. The van der Waals surface area contributed by atoms with Crippen molar-refractivity contribution in [3.8, 4) is 5.75 Å². The van der Waals surface area contributed by atoms with Crippen molar-refractivity contribution in [3.05, 3.63) is 114 Å². The van der Waals surface area contributed by atoms with Gasteiger partial charge in [-0.25, -0.2) is 10.0 Å². The summed E-state index contributed by atoms with van der Waals surface area (Å²) in [4.78, 5) is 65.3. The lowest BCUT2D eigenvalue weighted by Crippen LogP contribution is -2.75. The number of phenols is 1. The van der Waals surface area contributed by atoms with Gasteiger partial charge in [0.25, 0.3) is 0 Å². The molecule has 1 N–H and O–H groups in total. The van der Waals surface area contributed by atoms with Crippen molar-refractivity contribution in [2.24, 2.45) is 7.05 Å². The van der Waals surface area contributed by atoms with Gasteiger partial charge in [0.1, 0.15) is 18.0 Å². The van der Waals surface area contributed by atoms with E-state index in [4.69, 9.17) is 0 Å². The molecule has 1 aliphatic carbocycles. The van der Waals surface area contributed by atoms with Gasteiger partial charge in [0.15, 0.2) is 5.78 Å². The largest absolute Gasteiger partial charge is 0.508 e. The normalized spacial score (nSPS) is 21.2. The van der Waals surface area contributed by atoms with E-state index in [1.807, 2.05) is 66.3 Å².